The number of oxime groups is 1. The molecule has 1 heterocycles. The number of rotatable bonds is 5. The lowest BCUT2D eigenvalue weighted by atomic mass is 10.1. The highest BCUT2D eigenvalue weighted by Gasteiger charge is 2.25. The molecule has 0 saturated carbocycles. The van der Waals surface area contributed by atoms with Gasteiger partial charge in [0, 0.05) is 10.9 Å². The molecule has 1 aliphatic heterocycles. The highest BCUT2D eigenvalue weighted by Crippen LogP contribution is 2.25. The standard InChI is InChI=1S/C17H13BrF2N2O3/c18-10-3-1-9(2-4-10)13-7-11(25-22-13)8-24-14-6-5-12(19)15(16(14)20)17(21)23/h1-6,11H,7-8H2,(H2,21,23). The van der Waals surface area contributed by atoms with Crippen molar-refractivity contribution in [2.24, 2.45) is 10.9 Å². The second-order valence-electron chi connectivity index (χ2n) is 5.39. The molecule has 0 fully saturated rings. The minimum absolute atomic E-state index is 0.00964. The summed E-state index contributed by atoms with van der Waals surface area (Å²) in [6.07, 6.45) is 0.0627. The number of nitrogens with zero attached hydrogens (tertiary/aromatic N) is 1. The smallest absolute Gasteiger partial charge is 0.254 e. The van der Waals surface area contributed by atoms with Crippen LogP contribution in [0.3, 0.4) is 0 Å². The topological polar surface area (TPSA) is 73.9 Å². The number of carbonyl (C=O) groups is 1. The highest BCUT2D eigenvalue weighted by molar-refractivity contribution is 9.10. The van der Waals surface area contributed by atoms with Crippen molar-refractivity contribution in [1.82, 2.24) is 0 Å². The number of ether oxygens (including phenoxy) is 1. The molecule has 25 heavy (non-hydrogen) atoms. The normalized spacial score (nSPS) is 16.3. The number of benzene rings is 2. The van der Waals surface area contributed by atoms with Gasteiger partial charge in [-0.05, 0) is 29.8 Å². The third kappa shape index (κ3) is 3.79. The van der Waals surface area contributed by atoms with Crippen molar-refractivity contribution >= 4 is 27.5 Å². The third-order valence-electron chi connectivity index (χ3n) is 3.64. The Balaban J connectivity index is 1.63. The predicted octanol–water partition coefficient (Wildman–Crippen LogP) is 3.40. The number of primary amides is 1. The summed E-state index contributed by atoms with van der Waals surface area (Å²) in [5.74, 6) is -3.62. The molecular weight excluding hydrogens is 398 g/mol. The van der Waals surface area contributed by atoms with Crippen LogP contribution in [0.5, 0.6) is 5.75 Å². The van der Waals surface area contributed by atoms with Crippen molar-refractivity contribution in [2.75, 3.05) is 6.61 Å². The first-order valence-electron chi connectivity index (χ1n) is 7.35. The average Bonchev–Trinajstić information content (AvgIpc) is 3.03. The lowest BCUT2D eigenvalue weighted by Crippen LogP contribution is -2.20. The Bertz CT molecular complexity index is 841. The molecule has 130 valence electrons. The van der Waals surface area contributed by atoms with Crippen LogP contribution in [0.4, 0.5) is 8.78 Å². The summed E-state index contributed by atoms with van der Waals surface area (Å²) < 4.78 is 33.8. The molecule has 1 aliphatic rings. The molecule has 0 aromatic heterocycles. The minimum atomic E-state index is -1.20. The Morgan fingerprint density at radius 2 is 2.00 bits per heavy atom. The van der Waals surface area contributed by atoms with Crippen LogP contribution in [0.1, 0.15) is 22.3 Å². The second kappa shape index (κ2) is 7.18. The van der Waals surface area contributed by atoms with E-state index in [9.17, 15) is 13.6 Å². The molecule has 0 aliphatic carbocycles. The van der Waals surface area contributed by atoms with Crippen molar-refractivity contribution in [1.29, 1.82) is 0 Å². The molecule has 8 heteroatoms. The monoisotopic (exact) mass is 410 g/mol. The van der Waals surface area contributed by atoms with E-state index in [0.717, 1.165) is 27.9 Å². The fraction of sp³-hybridized carbons (Fsp3) is 0.176. The summed E-state index contributed by atoms with van der Waals surface area (Å²) in [7, 11) is 0. The van der Waals surface area contributed by atoms with E-state index < -0.39 is 29.2 Å². The predicted molar refractivity (Wildman–Crippen MR) is 90.5 cm³/mol. The van der Waals surface area contributed by atoms with E-state index in [2.05, 4.69) is 21.1 Å². The van der Waals surface area contributed by atoms with Gasteiger partial charge in [0.25, 0.3) is 5.91 Å². The van der Waals surface area contributed by atoms with Crippen LogP contribution >= 0.6 is 15.9 Å². The van der Waals surface area contributed by atoms with Crippen LogP contribution in [0, 0.1) is 11.6 Å². The van der Waals surface area contributed by atoms with Gasteiger partial charge in [0.1, 0.15) is 18.0 Å². The Labute approximate surface area is 150 Å². The zero-order valence-electron chi connectivity index (χ0n) is 12.8. The molecule has 3 rings (SSSR count). The number of amides is 1. The van der Waals surface area contributed by atoms with E-state index in [-0.39, 0.29) is 12.4 Å². The lowest BCUT2D eigenvalue weighted by molar-refractivity contribution is 0.0458. The number of hydrogen-bond acceptors (Lipinski definition) is 4. The molecule has 1 atom stereocenters. The summed E-state index contributed by atoms with van der Waals surface area (Å²) in [5.41, 5.74) is 5.81. The van der Waals surface area contributed by atoms with E-state index in [1.165, 1.54) is 0 Å². The number of carbonyl (C=O) groups excluding carboxylic acids is 1. The van der Waals surface area contributed by atoms with Crippen molar-refractivity contribution < 1.29 is 23.1 Å². The Morgan fingerprint density at radius 3 is 2.68 bits per heavy atom. The van der Waals surface area contributed by atoms with Crippen LogP contribution in [-0.4, -0.2) is 24.3 Å². The quantitative estimate of drug-likeness (QED) is 0.820. The van der Waals surface area contributed by atoms with E-state index in [4.69, 9.17) is 15.3 Å². The zero-order valence-corrected chi connectivity index (χ0v) is 14.4. The van der Waals surface area contributed by atoms with E-state index in [0.29, 0.717) is 6.42 Å². The van der Waals surface area contributed by atoms with E-state index in [1.807, 2.05) is 24.3 Å². The summed E-state index contributed by atoms with van der Waals surface area (Å²) in [6.45, 7) is -0.00964. The van der Waals surface area contributed by atoms with Gasteiger partial charge in [0.15, 0.2) is 17.7 Å². The van der Waals surface area contributed by atoms with Crippen LogP contribution in [0.25, 0.3) is 0 Å². The average molecular weight is 411 g/mol. The van der Waals surface area contributed by atoms with Crippen molar-refractivity contribution in [3.63, 3.8) is 0 Å². The van der Waals surface area contributed by atoms with Crippen molar-refractivity contribution in [2.45, 2.75) is 12.5 Å². The maximum absolute atomic E-state index is 14.1. The fourth-order valence-corrected chi connectivity index (χ4v) is 2.65. The maximum atomic E-state index is 14.1. The second-order valence-corrected chi connectivity index (χ2v) is 6.30. The molecule has 0 spiro atoms. The first-order chi connectivity index (χ1) is 12.0. The maximum Gasteiger partial charge on any atom is 0.254 e. The Hall–Kier alpha value is -2.48. The Morgan fingerprint density at radius 1 is 1.28 bits per heavy atom. The summed E-state index contributed by atoms with van der Waals surface area (Å²) in [4.78, 5) is 16.4. The van der Waals surface area contributed by atoms with Gasteiger partial charge in [0.2, 0.25) is 0 Å². The molecule has 2 N–H and O–H groups in total. The van der Waals surface area contributed by atoms with Crippen LogP contribution in [-0.2, 0) is 4.84 Å². The molecular formula is C17H13BrF2N2O3. The molecule has 0 saturated heterocycles. The minimum Gasteiger partial charge on any atom is -0.486 e. The van der Waals surface area contributed by atoms with E-state index in [1.54, 1.807) is 0 Å². The molecule has 2 aromatic carbocycles. The van der Waals surface area contributed by atoms with Crippen LogP contribution in [0.2, 0.25) is 0 Å². The zero-order chi connectivity index (χ0) is 18.0. The lowest BCUT2D eigenvalue weighted by Gasteiger charge is -2.12. The van der Waals surface area contributed by atoms with Crippen LogP contribution < -0.4 is 10.5 Å². The Kier molecular flexibility index (Phi) is 4.98. The van der Waals surface area contributed by atoms with Crippen LogP contribution in [0.15, 0.2) is 46.0 Å². The number of halogens is 3. The van der Waals surface area contributed by atoms with Gasteiger partial charge < -0.3 is 15.3 Å². The summed E-state index contributed by atoms with van der Waals surface area (Å²) in [5, 5.41) is 4.01. The first-order valence-corrected chi connectivity index (χ1v) is 8.14. The van der Waals surface area contributed by atoms with Gasteiger partial charge in [-0.25, -0.2) is 8.78 Å². The summed E-state index contributed by atoms with van der Waals surface area (Å²) in [6, 6.07) is 9.60. The number of nitrogens with two attached hydrogens (primary N) is 1. The SMILES string of the molecule is NC(=O)c1c(F)ccc(OCC2CC(c3ccc(Br)cc3)=NO2)c1F. The molecule has 5 nitrogen and oxygen atoms in total. The van der Waals surface area contributed by atoms with Crippen molar-refractivity contribution in [3.05, 3.63) is 63.6 Å². The highest BCUT2D eigenvalue weighted by atomic mass is 79.9. The molecule has 0 bridgehead atoms. The van der Waals surface area contributed by atoms with Gasteiger partial charge in [-0.3, -0.25) is 4.79 Å². The van der Waals surface area contributed by atoms with Gasteiger partial charge >= 0.3 is 0 Å². The third-order valence-corrected chi connectivity index (χ3v) is 4.17. The fourth-order valence-electron chi connectivity index (χ4n) is 2.38. The molecule has 2 aromatic rings. The van der Waals surface area contributed by atoms with Gasteiger partial charge in [0.05, 0.1) is 5.71 Å². The first kappa shape index (κ1) is 17.3. The van der Waals surface area contributed by atoms with Gasteiger partial charge in [-0.15, -0.1) is 0 Å². The molecule has 1 amide bonds. The van der Waals surface area contributed by atoms with Crippen molar-refractivity contribution in [3.8, 4) is 5.75 Å². The number of hydrogen-bond donors (Lipinski definition) is 1. The van der Waals surface area contributed by atoms with Gasteiger partial charge in [-0.2, -0.15) is 0 Å². The van der Waals surface area contributed by atoms with Gasteiger partial charge in [-0.1, -0.05) is 33.2 Å². The largest absolute Gasteiger partial charge is 0.486 e. The summed E-state index contributed by atoms with van der Waals surface area (Å²) >= 11 is 3.36. The molecule has 0 radical (unpaired) electrons. The molecule has 1 unspecified atom stereocenters. The van der Waals surface area contributed by atoms with E-state index >= 15 is 0 Å².